The van der Waals surface area contributed by atoms with Crippen LogP contribution in [0, 0.1) is 0 Å². The highest BCUT2D eigenvalue weighted by Crippen LogP contribution is 2.11. The zero-order valence-electron chi connectivity index (χ0n) is 6.25. The maximum Gasteiger partial charge on any atom is 0.236 e. The van der Waals surface area contributed by atoms with Crippen molar-refractivity contribution >= 4 is 27.7 Å². The average molecular weight is 230 g/mol. The first-order chi connectivity index (χ1) is 5.68. The van der Waals surface area contributed by atoms with E-state index in [9.17, 15) is 4.79 Å². The van der Waals surface area contributed by atoms with Crippen LogP contribution in [0.5, 0.6) is 0 Å². The molecule has 0 radical (unpaired) electrons. The molecule has 12 heavy (non-hydrogen) atoms. The molecule has 0 saturated heterocycles. The van der Waals surface area contributed by atoms with Gasteiger partial charge >= 0.3 is 0 Å². The number of anilines is 1. The maximum atomic E-state index is 10.4. The summed E-state index contributed by atoms with van der Waals surface area (Å²) in [6.45, 7) is 0.101. The second-order valence-corrected chi connectivity index (χ2v) is 3.09. The Kier molecular flexibility index (Phi) is 3.04. The lowest BCUT2D eigenvalue weighted by molar-refractivity contribution is -0.116. The molecule has 0 unspecified atom stereocenters. The van der Waals surface area contributed by atoms with Gasteiger partial charge in [-0.2, -0.15) is 0 Å². The lowest BCUT2D eigenvalue weighted by Gasteiger charge is -2.01. The summed E-state index contributed by atoms with van der Waals surface area (Å²) in [6, 6.07) is 3.57. The molecule has 0 fully saturated rings. The van der Waals surface area contributed by atoms with E-state index < -0.39 is 5.91 Å². The van der Waals surface area contributed by atoms with Gasteiger partial charge < -0.3 is 11.1 Å². The first-order valence-electron chi connectivity index (χ1n) is 3.32. The van der Waals surface area contributed by atoms with E-state index in [1.54, 1.807) is 18.3 Å². The van der Waals surface area contributed by atoms with E-state index in [0.717, 1.165) is 4.47 Å². The molecule has 0 aliphatic rings. The van der Waals surface area contributed by atoms with Gasteiger partial charge in [0.1, 0.15) is 5.82 Å². The zero-order chi connectivity index (χ0) is 8.97. The second-order valence-electron chi connectivity index (χ2n) is 2.18. The lowest BCUT2D eigenvalue weighted by atomic mass is 10.4. The molecular formula is C7H8BrN3O. The summed E-state index contributed by atoms with van der Waals surface area (Å²) < 4.78 is 0.907. The van der Waals surface area contributed by atoms with E-state index in [-0.39, 0.29) is 6.54 Å². The van der Waals surface area contributed by atoms with Crippen molar-refractivity contribution in [1.82, 2.24) is 4.98 Å². The van der Waals surface area contributed by atoms with Crippen LogP contribution < -0.4 is 11.1 Å². The van der Waals surface area contributed by atoms with Crippen molar-refractivity contribution in [3.05, 3.63) is 22.8 Å². The van der Waals surface area contributed by atoms with Gasteiger partial charge in [0.25, 0.3) is 0 Å². The van der Waals surface area contributed by atoms with Crippen molar-refractivity contribution in [2.24, 2.45) is 5.73 Å². The van der Waals surface area contributed by atoms with E-state index >= 15 is 0 Å². The molecule has 1 amide bonds. The molecule has 3 N–H and O–H groups in total. The Bertz CT molecular complexity index is 290. The third kappa shape index (κ3) is 2.87. The van der Waals surface area contributed by atoms with Crippen LogP contribution in [0.15, 0.2) is 22.8 Å². The summed E-state index contributed by atoms with van der Waals surface area (Å²) in [4.78, 5) is 14.3. The summed E-state index contributed by atoms with van der Waals surface area (Å²) >= 11 is 3.27. The van der Waals surface area contributed by atoms with Crippen LogP contribution in [-0.2, 0) is 4.79 Å². The van der Waals surface area contributed by atoms with Gasteiger partial charge in [-0.25, -0.2) is 4.98 Å². The van der Waals surface area contributed by atoms with Gasteiger partial charge in [0, 0.05) is 10.7 Å². The summed E-state index contributed by atoms with van der Waals surface area (Å²) in [7, 11) is 0. The second kappa shape index (κ2) is 4.06. The van der Waals surface area contributed by atoms with Gasteiger partial charge in [0.15, 0.2) is 0 Å². The Morgan fingerprint density at radius 3 is 3.08 bits per heavy atom. The average Bonchev–Trinajstić information content (AvgIpc) is 2.01. The van der Waals surface area contributed by atoms with Crippen molar-refractivity contribution in [1.29, 1.82) is 0 Å². The van der Waals surface area contributed by atoms with Gasteiger partial charge in [-0.05, 0) is 12.1 Å². The number of nitrogens with two attached hydrogens (primary N) is 1. The zero-order valence-corrected chi connectivity index (χ0v) is 7.84. The van der Waals surface area contributed by atoms with Gasteiger partial charge in [-0.3, -0.25) is 4.79 Å². The minimum absolute atomic E-state index is 0.101. The van der Waals surface area contributed by atoms with Gasteiger partial charge in [-0.1, -0.05) is 15.9 Å². The monoisotopic (exact) mass is 229 g/mol. The molecule has 0 saturated carbocycles. The summed E-state index contributed by atoms with van der Waals surface area (Å²) in [6.07, 6.45) is 1.63. The molecule has 1 aromatic heterocycles. The molecule has 1 rings (SSSR count). The number of carbonyl (C=O) groups is 1. The minimum Gasteiger partial charge on any atom is -0.368 e. The summed E-state index contributed by atoms with van der Waals surface area (Å²) in [5, 5.41) is 2.77. The third-order valence-electron chi connectivity index (χ3n) is 1.17. The number of aromatic nitrogens is 1. The van der Waals surface area contributed by atoms with Crippen LogP contribution in [-0.4, -0.2) is 17.4 Å². The normalized spacial score (nSPS) is 9.42. The number of nitrogens with zero attached hydrogens (tertiary/aromatic N) is 1. The van der Waals surface area contributed by atoms with Gasteiger partial charge in [0.2, 0.25) is 5.91 Å². The molecule has 0 atom stereocenters. The number of amides is 1. The SMILES string of the molecule is NC(=O)CNc1cc(Br)ccn1. The van der Waals surface area contributed by atoms with E-state index in [0.29, 0.717) is 5.82 Å². The summed E-state index contributed by atoms with van der Waals surface area (Å²) in [5.74, 6) is 0.222. The van der Waals surface area contributed by atoms with Crippen LogP contribution in [0.3, 0.4) is 0 Å². The van der Waals surface area contributed by atoms with E-state index in [1.165, 1.54) is 0 Å². The standard InChI is InChI=1S/C7H8BrN3O/c8-5-1-2-10-7(3-5)11-4-6(9)12/h1-3H,4H2,(H2,9,12)(H,10,11). The molecule has 0 bridgehead atoms. The Labute approximate surface area is 78.3 Å². The molecule has 5 heteroatoms. The van der Waals surface area contributed by atoms with Gasteiger partial charge in [0.05, 0.1) is 6.54 Å². The van der Waals surface area contributed by atoms with Crippen molar-refractivity contribution in [2.75, 3.05) is 11.9 Å². The smallest absolute Gasteiger partial charge is 0.236 e. The molecule has 1 heterocycles. The predicted octanol–water partition coefficient (Wildman–Crippen LogP) is 0.741. The fraction of sp³-hybridized carbons (Fsp3) is 0.143. The molecule has 0 aliphatic heterocycles. The Morgan fingerprint density at radius 2 is 2.50 bits per heavy atom. The quantitative estimate of drug-likeness (QED) is 0.804. The Hall–Kier alpha value is -1.10. The van der Waals surface area contributed by atoms with E-state index in [4.69, 9.17) is 5.73 Å². The van der Waals surface area contributed by atoms with Crippen LogP contribution in [0.2, 0.25) is 0 Å². The van der Waals surface area contributed by atoms with Crippen LogP contribution in [0.4, 0.5) is 5.82 Å². The number of halogens is 1. The summed E-state index contributed by atoms with van der Waals surface area (Å²) in [5.41, 5.74) is 4.94. The molecule has 64 valence electrons. The van der Waals surface area contributed by atoms with Crippen LogP contribution in [0.25, 0.3) is 0 Å². The number of rotatable bonds is 3. The molecule has 0 aliphatic carbocycles. The van der Waals surface area contributed by atoms with E-state index in [1.807, 2.05) is 0 Å². The number of nitrogens with one attached hydrogen (secondary N) is 1. The predicted molar refractivity (Wildman–Crippen MR) is 49.6 cm³/mol. The first kappa shape index (κ1) is 8.99. The lowest BCUT2D eigenvalue weighted by Crippen LogP contribution is -2.22. The van der Waals surface area contributed by atoms with Crippen molar-refractivity contribution in [3.8, 4) is 0 Å². The highest BCUT2D eigenvalue weighted by molar-refractivity contribution is 9.10. The Balaban J connectivity index is 2.57. The topological polar surface area (TPSA) is 68.0 Å². The number of hydrogen-bond donors (Lipinski definition) is 2. The first-order valence-corrected chi connectivity index (χ1v) is 4.11. The fourth-order valence-corrected chi connectivity index (χ4v) is 1.01. The van der Waals surface area contributed by atoms with Crippen LogP contribution in [0.1, 0.15) is 0 Å². The van der Waals surface area contributed by atoms with Crippen LogP contribution >= 0.6 is 15.9 Å². The van der Waals surface area contributed by atoms with Gasteiger partial charge in [-0.15, -0.1) is 0 Å². The number of hydrogen-bond acceptors (Lipinski definition) is 3. The fourth-order valence-electron chi connectivity index (χ4n) is 0.679. The van der Waals surface area contributed by atoms with E-state index in [2.05, 4.69) is 26.2 Å². The number of pyridine rings is 1. The molecule has 0 spiro atoms. The molecule has 4 nitrogen and oxygen atoms in total. The maximum absolute atomic E-state index is 10.4. The third-order valence-corrected chi connectivity index (χ3v) is 1.66. The number of carbonyl (C=O) groups excluding carboxylic acids is 1. The Morgan fingerprint density at radius 1 is 1.75 bits per heavy atom. The molecule has 0 aromatic carbocycles. The van der Waals surface area contributed by atoms with Crippen molar-refractivity contribution < 1.29 is 4.79 Å². The highest BCUT2D eigenvalue weighted by atomic mass is 79.9. The molecule has 1 aromatic rings. The largest absolute Gasteiger partial charge is 0.368 e. The highest BCUT2D eigenvalue weighted by Gasteiger charge is 1.96. The van der Waals surface area contributed by atoms with Crippen molar-refractivity contribution in [2.45, 2.75) is 0 Å². The molecular weight excluding hydrogens is 222 g/mol. The van der Waals surface area contributed by atoms with Crippen molar-refractivity contribution in [3.63, 3.8) is 0 Å². The number of primary amides is 1. The minimum atomic E-state index is -0.406.